The summed E-state index contributed by atoms with van der Waals surface area (Å²) in [6.45, 7) is 1.04. The summed E-state index contributed by atoms with van der Waals surface area (Å²) in [5, 5.41) is 0. The third kappa shape index (κ3) is 1.77. The van der Waals surface area contributed by atoms with Crippen molar-refractivity contribution in [3.63, 3.8) is 0 Å². The SMILES string of the molecule is [2H]c1cnc2c(C)c(C(F)(F)F)c(=O)[nH]c2c1F. The summed E-state index contributed by atoms with van der Waals surface area (Å²) in [6.07, 6.45) is -4.05. The third-order valence-corrected chi connectivity index (χ3v) is 2.32. The number of rotatable bonds is 0. The van der Waals surface area contributed by atoms with Crippen LogP contribution >= 0.6 is 0 Å². The summed E-state index contributed by atoms with van der Waals surface area (Å²) in [5.41, 5.74) is -4.10. The van der Waals surface area contributed by atoms with Crippen LogP contribution in [-0.4, -0.2) is 9.97 Å². The van der Waals surface area contributed by atoms with Crippen molar-refractivity contribution in [1.82, 2.24) is 9.97 Å². The molecule has 2 aromatic heterocycles. The maximum absolute atomic E-state index is 13.5. The van der Waals surface area contributed by atoms with Gasteiger partial charge in [0.2, 0.25) is 0 Å². The Morgan fingerprint density at radius 2 is 2.12 bits per heavy atom. The van der Waals surface area contributed by atoms with E-state index in [2.05, 4.69) is 4.98 Å². The van der Waals surface area contributed by atoms with E-state index in [1.165, 1.54) is 0 Å². The Balaban J connectivity index is 2.98. The minimum atomic E-state index is -4.84. The highest BCUT2D eigenvalue weighted by Crippen LogP contribution is 2.31. The van der Waals surface area contributed by atoms with Crippen molar-refractivity contribution < 1.29 is 18.9 Å². The molecule has 3 nitrogen and oxygen atoms in total. The van der Waals surface area contributed by atoms with Crippen LogP contribution in [0.5, 0.6) is 0 Å². The van der Waals surface area contributed by atoms with Gasteiger partial charge in [0.1, 0.15) is 16.9 Å². The van der Waals surface area contributed by atoms with Gasteiger partial charge in [-0.05, 0) is 18.5 Å². The van der Waals surface area contributed by atoms with Crippen LogP contribution in [-0.2, 0) is 6.18 Å². The van der Waals surface area contributed by atoms with Gasteiger partial charge >= 0.3 is 6.18 Å². The number of hydrogen-bond donors (Lipinski definition) is 1. The predicted molar refractivity (Wildman–Crippen MR) is 52.1 cm³/mol. The number of alkyl halides is 3. The first kappa shape index (κ1) is 10.2. The van der Waals surface area contributed by atoms with Gasteiger partial charge in [0.25, 0.3) is 5.56 Å². The fourth-order valence-electron chi connectivity index (χ4n) is 1.60. The normalized spacial score (nSPS) is 12.9. The topological polar surface area (TPSA) is 45.8 Å². The highest BCUT2D eigenvalue weighted by atomic mass is 19.4. The Kier molecular flexibility index (Phi) is 2.13. The van der Waals surface area contributed by atoms with Gasteiger partial charge in [-0.2, -0.15) is 13.2 Å². The standard InChI is InChI=1S/C10H6F4N2O/c1-4-6(10(12,13)14)9(17)16-8-5(11)2-3-15-7(4)8/h2-3H,1H3,(H,16,17)/i2D. The minimum absolute atomic E-state index is 0.310. The second kappa shape index (κ2) is 3.54. The molecule has 0 aromatic carbocycles. The Morgan fingerprint density at radius 3 is 2.71 bits per heavy atom. The number of nitrogens with zero attached hydrogens (tertiary/aromatic N) is 1. The Hall–Kier alpha value is -1.92. The Bertz CT molecular complexity index is 693. The van der Waals surface area contributed by atoms with E-state index in [9.17, 15) is 22.4 Å². The van der Waals surface area contributed by atoms with Crippen LogP contribution < -0.4 is 5.56 Å². The van der Waals surface area contributed by atoms with Crippen molar-refractivity contribution in [3.8, 4) is 0 Å². The zero-order valence-electron chi connectivity index (χ0n) is 9.44. The van der Waals surface area contributed by atoms with Gasteiger partial charge in [0, 0.05) is 6.20 Å². The molecule has 0 spiro atoms. The van der Waals surface area contributed by atoms with Gasteiger partial charge < -0.3 is 4.98 Å². The molecule has 2 heterocycles. The van der Waals surface area contributed by atoms with Crippen LogP contribution in [0.25, 0.3) is 11.0 Å². The molecule has 0 aliphatic carbocycles. The molecule has 1 N–H and O–H groups in total. The van der Waals surface area contributed by atoms with Gasteiger partial charge in [0.05, 0.1) is 6.89 Å². The number of H-pyrrole nitrogens is 1. The molecule has 17 heavy (non-hydrogen) atoms. The first-order valence-corrected chi connectivity index (χ1v) is 4.48. The monoisotopic (exact) mass is 247 g/mol. The summed E-state index contributed by atoms with van der Waals surface area (Å²) in [4.78, 5) is 16.7. The largest absolute Gasteiger partial charge is 0.422 e. The lowest BCUT2D eigenvalue weighted by molar-refractivity contribution is -0.139. The molecular formula is C10H6F4N2O. The van der Waals surface area contributed by atoms with E-state index in [-0.39, 0.29) is 5.52 Å². The highest BCUT2D eigenvalue weighted by molar-refractivity contribution is 5.78. The number of nitrogens with one attached hydrogen (secondary N) is 1. The molecule has 7 heteroatoms. The zero-order chi connectivity index (χ0) is 13.7. The first-order valence-electron chi connectivity index (χ1n) is 4.98. The van der Waals surface area contributed by atoms with Crippen molar-refractivity contribution in [2.24, 2.45) is 0 Å². The number of pyridine rings is 2. The van der Waals surface area contributed by atoms with E-state index in [0.29, 0.717) is 0 Å². The lowest BCUT2D eigenvalue weighted by atomic mass is 10.1. The summed E-state index contributed by atoms with van der Waals surface area (Å²) >= 11 is 0. The van der Waals surface area contributed by atoms with E-state index < -0.39 is 40.2 Å². The molecule has 0 atom stereocenters. The Morgan fingerprint density at radius 1 is 1.47 bits per heavy atom. The molecule has 0 unspecified atom stereocenters. The number of aryl methyl sites for hydroxylation is 1. The molecule has 2 rings (SSSR count). The van der Waals surface area contributed by atoms with E-state index in [0.717, 1.165) is 13.1 Å². The molecule has 0 aliphatic heterocycles. The lowest BCUT2D eigenvalue weighted by Gasteiger charge is -2.10. The van der Waals surface area contributed by atoms with E-state index in [1.54, 1.807) is 4.98 Å². The second-order valence-electron chi connectivity index (χ2n) is 3.39. The molecule has 0 aliphatic rings. The number of fused-ring (bicyclic) bond motifs is 1. The zero-order valence-corrected chi connectivity index (χ0v) is 8.44. The first-order chi connectivity index (χ1) is 8.23. The molecule has 2 aromatic rings. The average molecular weight is 247 g/mol. The summed E-state index contributed by atoms with van der Waals surface area (Å²) in [7, 11) is 0. The van der Waals surface area contributed by atoms with Crippen molar-refractivity contribution in [2.45, 2.75) is 13.1 Å². The molecule has 0 radical (unpaired) electrons. The van der Waals surface area contributed by atoms with E-state index >= 15 is 0 Å². The van der Waals surface area contributed by atoms with Gasteiger partial charge in [-0.1, -0.05) is 0 Å². The van der Waals surface area contributed by atoms with E-state index in [4.69, 9.17) is 1.37 Å². The second-order valence-corrected chi connectivity index (χ2v) is 3.39. The smallest absolute Gasteiger partial charge is 0.318 e. The highest BCUT2D eigenvalue weighted by Gasteiger charge is 2.37. The summed E-state index contributed by atoms with van der Waals surface area (Å²) < 4.78 is 58.6. The quantitative estimate of drug-likeness (QED) is 0.726. The molecule has 90 valence electrons. The number of aromatic nitrogens is 2. The van der Waals surface area contributed by atoms with Crippen LogP contribution in [0.1, 0.15) is 12.5 Å². The number of aromatic amines is 1. The maximum atomic E-state index is 13.5. The van der Waals surface area contributed by atoms with Crippen molar-refractivity contribution in [1.29, 1.82) is 0 Å². The summed E-state index contributed by atoms with van der Waals surface area (Å²) in [6, 6.07) is -0.600. The van der Waals surface area contributed by atoms with Crippen molar-refractivity contribution in [2.75, 3.05) is 0 Å². The van der Waals surface area contributed by atoms with Crippen molar-refractivity contribution >= 4 is 11.0 Å². The molecular weight excluding hydrogens is 240 g/mol. The van der Waals surface area contributed by atoms with Gasteiger partial charge in [-0.3, -0.25) is 9.78 Å². The maximum Gasteiger partial charge on any atom is 0.422 e. The third-order valence-electron chi connectivity index (χ3n) is 2.32. The Labute approximate surface area is 93.5 Å². The van der Waals surface area contributed by atoms with Gasteiger partial charge in [-0.25, -0.2) is 4.39 Å². The number of hydrogen-bond acceptors (Lipinski definition) is 2. The predicted octanol–water partition coefficient (Wildman–Crippen LogP) is 2.39. The molecule has 0 saturated heterocycles. The number of halogens is 4. The van der Waals surface area contributed by atoms with Crippen LogP contribution in [0.15, 0.2) is 17.0 Å². The van der Waals surface area contributed by atoms with Crippen LogP contribution in [0.2, 0.25) is 0 Å². The fourth-order valence-corrected chi connectivity index (χ4v) is 1.60. The molecule has 0 fully saturated rings. The van der Waals surface area contributed by atoms with Crippen LogP contribution in [0.3, 0.4) is 0 Å². The lowest BCUT2D eigenvalue weighted by Crippen LogP contribution is -2.24. The average Bonchev–Trinajstić information content (AvgIpc) is 2.22. The van der Waals surface area contributed by atoms with Crippen LogP contribution in [0.4, 0.5) is 17.6 Å². The summed E-state index contributed by atoms with van der Waals surface area (Å²) in [5.74, 6) is -1.10. The van der Waals surface area contributed by atoms with Crippen LogP contribution in [0, 0.1) is 12.7 Å². The molecule has 0 amide bonds. The fraction of sp³-hybridized carbons (Fsp3) is 0.200. The van der Waals surface area contributed by atoms with E-state index in [1.807, 2.05) is 0 Å². The minimum Gasteiger partial charge on any atom is -0.318 e. The molecule has 0 saturated carbocycles. The molecule has 0 bridgehead atoms. The van der Waals surface area contributed by atoms with Gasteiger partial charge in [0.15, 0.2) is 0 Å². The van der Waals surface area contributed by atoms with Crippen molar-refractivity contribution in [3.05, 3.63) is 39.5 Å². The van der Waals surface area contributed by atoms with Gasteiger partial charge in [-0.15, -0.1) is 0 Å².